The zero-order valence-corrected chi connectivity index (χ0v) is 10.1. The van der Waals surface area contributed by atoms with Crippen LogP contribution in [0, 0.1) is 0 Å². The predicted molar refractivity (Wildman–Crippen MR) is 58.3 cm³/mol. The molecule has 0 spiro atoms. The normalized spacial score (nSPS) is 44.0. The Labute approximate surface area is 92.1 Å². The van der Waals surface area contributed by atoms with Gasteiger partial charge in [-0.1, -0.05) is 0 Å². The lowest BCUT2D eigenvalue weighted by atomic mass is 10.2. The van der Waals surface area contributed by atoms with Gasteiger partial charge in [0.05, 0.1) is 18.9 Å². The van der Waals surface area contributed by atoms with E-state index in [0.29, 0.717) is 24.3 Å². The van der Waals surface area contributed by atoms with Gasteiger partial charge in [0, 0.05) is 12.1 Å². The molecular weight excluding hydrogens is 192 g/mol. The number of nitrogens with zero attached hydrogens (tertiary/aromatic N) is 2. The molecule has 0 radical (unpaired) electrons. The Kier molecular flexibility index (Phi) is 3.30. The molecule has 2 aliphatic rings. The molecule has 2 rings (SSSR count). The van der Waals surface area contributed by atoms with Crippen LogP contribution in [0.5, 0.6) is 0 Å². The highest BCUT2D eigenvalue weighted by Crippen LogP contribution is 2.21. The molecule has 0 amide bonds. The van der Waals surface area contributed by atoms with Gasteiger partial charge < -0.3 is 9.47 Å². The van der Waals surface area contributed by atoms with Crippen LogP contribution in [0.15, 0.2) is 0 Å². The van der Waals surface area contributed by atoms with Crippen LogP contribution in [0.4, 0.5) is 0 Å². The molecule has 0 saturated carbocycles. The number of hydrogen-bond donors (Lipinski definition) is 0. The van der Waals surface area contributed by atoms with Crippen LogP contribution >= 0.6 is 0 Å². The first-order chi connectivity index (χ1) is 7.09. The van der Waals surface area contributed by atoms with Gasteiger partial charge in [-0.15, -0.1) is 0 Å². The Morgan fingerprint density at radius 2 is 1.27 bits per heavy atom. The fourth-order valence-electron chi connectivity index (χ4n) is 2.11. The minimum atomic E-state index is 0.348. The van der Waals surface area contributed by atoms with E-state index in [0.717, 1.165) is 20.1 Å². The van der Waals surface area contributed by atoms with E-state index in [4.69, 9.17) is 9.47 Å². The highest BCUT2D eigenvalue weighted by molar-refractivity contribution is 4.81. The second-order valence-electron chi connectivity index (χ2n) is 4.80. The molecule has 0 N–H and O–H groups in total. The summed E-state index contributed by atoms with van der Waals surface area (Å²) in [6, 6.07) is 1.02. The summed E-state index contributed by atoms with van der Waals surface area (Å²) >= 11 is 0. The molecule has 15 heavy (non-hydrogen) atoms. The third kappa shape index (κ3) is 2.18. The predicted octanol–water partition coefficient (Wildman–Crippen LogP) is 1.08. The van der Waals surface area contributed by atoms with E-state index >= 15 is 0 Å². The van der Waals surface area contributed by atoms with E-state index in [9.17, 15) is 0 Å². The van der Waals surface area contributed by atoms with Gasteiger partial charge in [0.25, 0.3) is 0 Å². The van der Waals surface area contributed by atoms with Gasteiger partial charge in [-0.05, 0) is 27.7 Å². The van der Waals surface area contributed by atoms with Crippen molar-refractivity contribution in [1.82, 2.24) is 9.80 Å². The first kappa shape index (κ1) is 11.3. The van der Waals surface area contributed by atoms with Crippen molar-refractivity contribution in [2.45, 2.75) is 52.0 Å². The maximum Gasteiger partial charge on any atom is 0.101 e. The van der Waals surface area contributed by atoms with Crippen molar-refractivity contribution in [3.63, 3.8) is 0 Å². The fourth-order valence-corrected chi connectivity index (χ4v) is 2.11. The average Bonchev–Trinajstić information content (AvgIpc) is 2.68. The van der Waals surface area contributed by atoms with E-state index in [1.807, 2.05) is 0 Å². The topological polar surface area (TPSA) is 24.9 Å². The fraction of sp³-hybridized carbons (Fsp3) is 1.00. The molecule has 88 valence electrons. The van der Waals surface area contributed by atoms with Crippen LogP contribution in [-0.4, -0.2) is 54.2 Å². The van der Waals surface area contributed by atoms with Crippen LogP contribution < -0.4 is 0 Å². The zero-order chi connectivity index (χ0) is 11.0. The molecule has 0 unspecified atom stereocenters. The van der Waals surface area contributed by atoms with Crippen LogP contribution in [0.3, 0.4) is 0 Å². The largest absolute Gasteiger partial charge is 0.361 e. The molecule has 2 saturated heterocycles. The summed E-state index contributed by atoms with van der Waals surface area (Å²) in [5.74, 6) is 0. The van der Waals surface area contributed by atoms with Gasteiger partial charge in [0.1, 0.15) is 13.5 Å². The van der Waals surface area contributed by atoms with Crippen molar-refractivity contribution in [1.29, 1.82) is 0 Å². The van der Waals surface area contributed by atoms with Crippen molar-refractivity contribution in [3.8, 4) is 0 Å². The maximum absolute atomic E-state index is 5.61. The van der Waals surface area contributed by atoms with Crippen molar-refractivity contribution < 1.29 is 9.47 Å². The average molecular weight is 214 g/mol. The molecule has 0 aromatic heterocycles. The molecule has 0 aromatic rings. The van der Waals surface area contributed by atoms with E-state index in [2.05, 4.69) is 37.5 Å². The zero-order valence-electron chi connectivity index (χ0n) is 10.1. The molecule has 0 bridgehead atoms. The molecule has 2 fully saturated rings. The summed E-state index contributed by atoms with van der Waals surface area (Å²) in [7, 11) is 0. The van der Waals surface area contributed by atoms with Crippen LogP contribution in [0.25, 0.3) is 0 Å². The number of rotatable bonds is 2. The Balaban J connectivity index is 1.87. The Bertz CT molecular complexity index is 203. The van der Waals surface area contributed by atoms with Crippen LogP contribution in [0.1, 0.15) is 27.7 Å². The standard InChI is InChI=1S/C11H22N2O2/c1-8-10(3)14-6-12(8)5-13-7-15-11(4)9(13)2/h8-11H,5-7H2,1-4H3/t8-,9-,10-,11-/m1/s1. The summed E-state index contributed by atoms with van der Waals surface area (Å²) in [6.45, 7) is 11.2. The van der Waals surface area contributed by atoms with E-state index in [1.165, 1.54) is 0 Å². The Morgan fingerprint density at radius 3 is 1.53 bits per heavy atom. The minimum absolute atomic E-state index is 0.348. The first-order valence-electron chi connectivity index (χ1n) is 5.81. The molecule has 4 heteroatoms. The van der Waals surface area contributed by atoms with E-state index in [1.54, 1.807) is 0 Å². The van der Waals surface area contributed by atoms with Gasteiger partial charge in [-0.2, -0.15) is 0 Å². The highest BCUT2D eigenvalue weighted by atomic mass is 16.5. The summed E-state index contributed by atoms with van der Waals surface area (Å²) < 4.78 is 11.2. The molecular formula is C11H22N2O2. The summed E-state index contributed by atoms with van der Waals surface area (Å²) in [5, 5.41) is 0. The first-order valence-corrected chi connectivity index (χ1v) is 5.81. The van der Waals surface area contributed by atoms with Crippen molar-refractivity contribution in [2.24, 2.45) is 0 Å². The van der Waals surface area contributed by atoms with Crippen LogP contribution in [0.2, 0.25) is 0 Å². The van der Waals surface area contributed by atoms with Gasteiger partial charge >= 0.3 is 0 Å². The second kappa shape index (κ2) is 4.37. The third-order valence-corrected chi connectivity index (χ3v) is 3.88. The second-order valence-corrected chi connectivity index (χ2v) is 4.80. The Morgan fingerprint density at radius 1 is 0.867 bits per heavy atom. The molecule has 4 atom stereocenters. The maximum atomic E-state index is 5.61. The van der Waals surface area contributed by atoms with E-state index < -0.39 is 0 Å². The lowest BCUT2D eigenvalue weighted by molar-refractivity contribution is 0.0487. The summed E-state index contributed by atoms with van der Waals surface area (Å²) in [6.07, 6.45) is 0.697. The molecule has 2 heterocycles. The molecule has 0 aliphatic carbocycles. The summed E-state index contributed by atoms with van der Waals surface area (Å²) in [4.78, 5) is 4.73. The number of hydrogen-bond acceptors (Lipinski definition) is 4. The van der Waals surface area contributed by atoms with Crippen LogP contribution in [-0.2, 0) is 9.47 Å². The van der Waals surface area contributed by atoms with Gasteiger partial charge in [0.15, 0.2) is 0 Å². The number of ether oxygens (including phenoxy) is 2. The van der Waals surface area contributed by atoms with Crippen molar-refractivity contribution in [3.05, 3.63) is 0 Å². The smallest absolute Gasteiger partial charge is 0.101 e. The minimum Gasteiger partial charge on any atom is -0.361 e. The quantitative estimate of drug-likeness (QED) is 0.686. The van der Waals surface area contributed by atoms with E-state index in [-0.39, 0.29) is 0 Å². The monoisotopic (exact) mass is 214 g/mol. The third-order valence-electron chi connectivity index (χ3n) is 3.88. The molecule has 4 nitrogen and oxygen atoms in total. The summed E-state index contributed by atoms with van der Waals surface area (Å²) in [5.41, 5.74) is 0. The SMILES string of the molecule is C[C@@H]1[C@@H](C)OCN1CN1CO[C@H](C)[C@H]1C. The van der Waals surface area contributed by atoms with Gasteiger partial charge in [0.2, 0.25) is 0 Å². The van der Waals surface area contributed by atoms with Gasteiger partial charge in [-0.3, -0.25) is 9.80 Å². The molecule has 0 aromatic carbocycles. The highest BCUT2D eigenvalue weighted by Gasteiger charge is 2.34. The lowest BCUT2D eigenvalue weighted by Gasteiger charge is -2.28. The Hall–Kier alpha value is -0.160. The van der Waals surface area contributed by atoms with Crippen molar-refractivity contribution >= 4 is 0 Å². The lowest BCUT2D eigenvalue weighted by Crippen LogP contribution is -2.43. The molecule has 2 aliphatic heterocycles. The van der Waals surface area contributed by atoms with Gasteiger partial charge in [-0.25, -0.2) is 0 Å². The van der Waals surface area contributed by atoms with Crippen molar-refractivity contribution in [2.75, 3.05) is 20.1 Å².